The lowest BCUT2D eigenvalue weighted by Gasteiger charge is -2.11. The lowest BCUT2D eigenvalue weighted by molar-refractivity contribution is 0.242. The Bertz CT molecular complexity index is 615. The highest BCUT2D eigenvalue weighted by atomic mass is 16.5. The van der Waals surface area contributed by atoms with Crippen LogP contribution in [0, 0.1) is 0 Å². The maximum Gasteiger partial charge on any atom is 0.249 e. The summed E-state index contributed by atoms with van der Waals surface area (Å²) in [6, 6.07) is 7.69. The molecule has 0 atom stereocenters. The van der Waals surface area contributed by atoms with Crippen molar-refractivity contribution in [2.24, 2.45) is 0 Å². The molecule has 2 rings (SSSR count). The fraction of sp³-hybridized carbons (Fsp3) is 0.471. The Morgan fingerprint density at radius 3 is 2.58 bits per heavy atom. The molecule has 1 aromatic carbocycles. The van der Waals surface area contributed by atoms with Crippen molar-refractivity contribution >= 4 is 17.5 Å². The Kier molecular flexibility index (Phi) is 6.74. The standard InChI is InChI=1S/C17H26N6O/c1-13(2)24-15-8-6-14(7-9-15)20-17-21-16(12-19-22-17)18-10-5-11-23(3)4/h6-9,12-13H,5,10-11H2,1-4H3,(H2,18,20,21,22). The molecule has 0 radical (unpaired) electrons. The van der Waals surface area contributed by atoms with Crippen LogP contribution >= 0.6 is 0 Å². The van der Waals surface area contributed by atoms with Crippen LogP contribution in [-0.4, -0.2) is 53.4 Å². The molecule has 1 heterocycles. The second kappa shape index (κ2) is 9.02. The summed E-state index contributed by atoms with van der Waals surface area (Å²) in [7, 11) is 4.12. The highest BCUT2D eigenvalue weighted by molar-refractivity contribution is 5.55. The van der Waals surface area contributed by atoms with Crippen LogP contribution in [0.15, 0.2) is 30.5 Å². The zero-order chi connectivity index (χ0) is 17.4. The Labute approximate surface area is 143 Å². The van der Waals surface area contributed by atoms with Gasteiger partial charge < -0.3 is 20.3 Å². The van der Waals surface area contributed by atoms with Crippen molar-refractivity contribution < 1.29 is 4.74 Å². The van der Waals surface area contributed by atoms with Gasteiger partial charge in [-0.25, -0.2) is 0 Å². The molecule has 0 unspecified atom stereocenters. The minimum absolute atomic E-state index is 0.159. The van der Waals surface area contributed by atoms with E-state index in [1.807, 2.05) is 38.1 Å². The Balaban J connectivity index is 1.89. The predicted octanol–water partition coefficient (Wildman–Crippen LogP) is 2.77. The van der Waals surface area contributed by atoms with Crippen molar-refractivity contribution in [3.63, 3.8) is 0 Å². The van der Waals surface area contributed by atoms with Gasteiger partial charge in [0, 0.05) is 12.2 Å². The quantitative estimate of drug-likeness (QED) is 0.685. The molecule has 24 heavy (non-hydrogen) atoms. The van der Waals surface area contributed by atoms with Gasteiger partial charge in [0.15, 0.2) is 5.82 Å². The molecule has 0 aliphatic carbocycles. The Hall–Kier alpha value is -2.41. The molecule has 2 N–H and O–H groups in total. The summed E-state index contributed by atoms with van der Waals surface area (Å²) in [5, 5.41) is 14.4. The summed E-state index contributed by atoms with van der Waals surface area (Å²) < 4.78 is 5.63. The average molecular weight is 330 g/mol. The third-order valence-electron chi connectivity index (χ3n) is 3.13. The molecule has 7 nitrogen and oxygen atoms in total. The van der Waals surface area contributed by atoms with Gasteiger partial charge >= 0.3 is 0 Å². The zero-order valence-electron chi connectivity index (χ0n) is 14.8. The normalized spacial score (nSPS) is 10.9. The van der Waals surface area contributed by atoms with Crippen LogP contribution < -0.4 is 15.4 Å². The molecule has 0 spiro atoms. The van der Waals surface area contributed by atoms with Crippen molar-refractivity contribution in [3.05, 3.63) is 30.5 Å². The van der Waals surface area contributed by atoms with E-state index in [0.29, 0.717) is 11.8 Å². The monoisotopic (exact) mass is 330 g/mol. The van der Waals surface area contributed by atoms with E-state index in [-0.39, 0.29) is 6.10 Å². The minimum atomic E-state index is 0.159. The molecular weight excluding hydrogens is 304 g/mol. The highest BCUT2D eigenvalue weighted by Gasteiger charge is 2.03. The summed E-state index contributed by atoms with van der Waals surface area (Å²) in [5.41, 5.74) is 0.887. The third kappa shape index (κ3) is 6.37. The molecular formula is C17H26N6O. The molecule has 130 valence electrons. The van der Waals surface area contributed by atoms with Crippen LogP contribution in [0.1, 0.15) is 20.3 Å². The maximum atomic E-state index is 5.63. The van der Waals surface area contributed by atoms with E-state index in [1.54, 1.807) is 6.20 Å². The summed E-state index contributed by atoms with van der Waals surface area (Å²) in [4.78, 5) is 6.57. The van der Waals surface area contributed by atoms with Crippen LogP contribution in [-0.2, 0) is 0 Å². The van der Waals surface area contributed by atoms with E-state index in [1.165, 1.54) is 0 Å². The van der Waals surface area contributed by atoms with Crippen LogP contribution in [0.3, 0.4) is 0 Å². The summed E-state index contributed by atoms with van der Waals surface area (Å²) >= 11 is 0. The molecule has 0 saturated heterocycles. The first-order chi connectivity index (χ1) is 11.5. The number of ether oxygens (including phenoxy) is 1. The summed E-state index contributed by atoms with van der Waals surface area (Å²) in [6.07, 6.45) is 2.82. The van der Waals surface area contributed by atoms with Gasteiger partial charge in [0.25, 0.3) is 0 Å². The van der Waals surface area contributed by atoms with Gasteiger partial charge in [-0.2, -0.15) is 10.1 Å². The van der Waals surface area contributed by atoms with E-state index in [0.717, 1.165) is 30.9 Å². The second-order valence-electron chi connectivity index (χ2n) is 6.06. The number of benzene rings is 1. The van der Waals surface area contributed by atoms with Crippen LogP contribution in [0.5, 0.6) is 5.75 Å². The van der Waals surface area contributed by atoms with Gasteiger partial charge in [-0.05, 0) is 65.2 Å². The smallest absolute Gasteiger partial charge is 0.249 e. The third-order valence-corrected chi connectivity index (χ3v) is 3.13. The number of hydrogen-bond acceptors (Lipinski definition) is 7. The number of hydrogen-bond donors (Lipinski definition) is 2. The fourth-order valence-electron chi connectivity index (χ4n) is 2.07. The van der Waals surface area contributed by atoms with E-state index in [4.69, 9.17) is 4.74 Å². The second-order valence-corrected chi connectivity index (χ2v) is 6.06. The van der Waals surface area contributed by atoms with Crippen LogP contribution in [0.4, 0.5) is 17.5 Å². The molecule has 7 heteroatoms. The fourth-order valence-corrected chi connectivity index (χ4v) is 2.07. The van der Waals surface area contributed by atoms with Crippen LogP contribution in [0.25, 0.3) is 0 Å². The minimum Gasteiger partial charge on any atom is -0.491 e. The van der Waals surface area contributed by atoms with E-state index >= 15 is 0 Å². The molecule has 1 aromatic heterocycles. The van der Waals surface area contributed by atoms with Crippen molar-refractivity contribution in [1.82, 2.24) is 20.1 Å². The van der Waals surface area contributed by atoms with Crippen molar-refractivity contribution in [1.29, 1.82) is 0 Å². The molecule has 2 aromatic rings. The molecule has 0 aliphatic heterocycles. The number of nitrogens with one attached hydrogen (secondary N) is 2. The SMILES string of the molecule is CC(C)Oc1ccc(Nc2nncc(NCCCN(C)C)n2)cc1. The van der Waals surface area contributed by atoms with Crippen molar-refractivity contribution in [3.8, 4) is 5.75 Å². The van der Waals surface area contributed by atoms with E-state index < -0.39 is 0 Å². The lowest BCUT2D eigenvalue weighted by atomic mass is 10.3. The van der Waals surface area contributed by atoms with Gasteiger partial charge in [-0.15, -0.1) is 5.10 Å². The summed E-state index contributed by atoms with van der Waals surface area (Å²) in [6.45, 7) is 5.88. The molecule has 0 fully saturated rings. The summed E-state index contributed by atoms with van der Waals surface area (Å²) in [5.74, 6) is 2.02. The number of aromatic nitrogens is 3. The first-order valence-corrected chi connectivity index (χ1v) is 8.15. The van der Waals surface area contributed by atoms with Gasteiger partial charge in [-0.3, -0.25) is 0 Å². The number of nitrogens with zero attached hydrogens (tertiary/aromatic N) is 4. The Morgan fingerprint density at radius 1 is 1.17 bits per heavy atom. The van der Waals surface area contributed by atoms with E-state index in [9.17, 15) is 0 Å². The first-order valence-electron chi connectivity index (χ1n) is 8.15. The van der Waals surface area contributed by atoms with Crippen molar-refractivity contribution in [2.75, 3.05) is 37.8 Å². The topological polar surface area (TPSA) is 75.2 Å². The highest BCUT2D eigenvalue weighted by Crippen LogP contribution is 2.19. The van der Waals surface area contributed by atoms with E-state index in [2.05, 4.69) is 44.8 Å². The molecule has 0 amide bonds. The van der Waals surface area contributed by atoms with Crippen molar-refractivity contribution in [2.45, 2.75) is 26.4 Å². The average Bonchev–Trinajstić information content (AvgIpc) is 2.53. The number of anilines is 3. The Morgan fingerprint density at radius 2 is 1.92 bits per heavy atom. The molecule has 0 saturated carbocycles. The zero-order valence-corrected chi connectivity index (χ0v) is 14.8. The van der Waals surface area contributed by atoms with Gasteiger partial charge in [0.1, 0.15) is 5.75 Å². The first kappa shape index (κ1) is 17.9. The van der Waals surface area contributed by atoms with Gasteiger partial charge in [0.2, 0.25) is 5.95 Å². The number of rotatable bonds is 9. The lowest BCUT2D eigenvalue weighted by Crippen LogP contribution is -2.17. The van der Waals surface area contributed by atoms with Crippen LogP contribution in [0.2, 0.25) is 0 Å². The largest absolute Gasteiger partial charge is 0.491 e. The predicted molar refractivity (Wildman–Crippen MR) is 97.0 cm³/mol. The van der Waals surface area contributed by atoms with Gasteiger partial charge in [-0.1, -0.05) is 0 Å². The molecule has 0 bridgehead atoms. The molecule has 0 aliphatic rings. The van der Waals surface area contributed by atoms with Gasteiger partial charge in [0.05, 0.1) is 12.3 Å². The maximum absolute atomic E-state index is 5.63.